The Hall–Kier alpha value is -3.60. The van der Waals surface area contributed by atoms with Gasteiger partial charge in [-0.3, -0.25) is 9.59 Å². The molecule has 1 unspecified atom stereocenters. The third-order valence-electron chi connectivity index (χ3n) is 5.47. The Morgan fingerprint density at radius 2 is 1.18 bits per heavy atom. The quantitative estimate of drug-likeness (QED) is 0.448. The fourth-order valence-corrected chi connectivity index (χ4v) is 3.71. The molecule has 33 heavy (non-hydrogen) atoms. The van der Waals surface area contributed by atoms with Crippen LogP contribution in [0.5, 0.6) is 5.75 Å². The number of rotatable bonds is 10. The van der Waals surface area contributed by atoms with Crippen LogP contribution in [0.25, 0.3) is 0 Å². The lowest BCUT2D eigenvalue weighted by Gasteiger charge is -2.20. The van der Waals surface area contributed by atoms with E-state index in [9.17, 15) is 9.59 Å². The molecule has 0 aromatic heterocycles. The Morgan fingerprint density at radius 3 is 1.73 bits per heavy atom. The molecule has 3 aromatic rings. The highest BCUT2D eigenvalue weighted by Crippen LogP contribution is 2.27. The van der Waals surface area contributed by atoms with E-state index in [0.717, 1.165) is 22.4 Å². The lowest BCUT2D eigenvalue weighted by atomic mass is 9.90. The summed E-state index contributed by atoms with van der Waals surface area (Å²) in [6.45, 7) is 6.56. The van der Waals surface area contributed by atoms with Crippen molar-refractivity contribution < 1.29 is 14.3 Å². The van der Waals surface area contributed by atoms with E-state index in [2.05, 4.69) is 24.5 Å². The first-order chi connectivity index (χ1) is 16.0. The van der Waals surface area contributed by atoms with Gasteiger partial charge in [0.2, 0.25) is 5.91 Å². The van der Waals surface area contributed by atoms with Crippen LogP contribution in [0.2, 0.25) is 0 Å². The van der Waals surface area contributed by atoms with Gasteiger partial charge in [-0.15, -0.1) is 0 Å². The molecule has 0 aliphatic carbocycles. The molecular weight excluding hydrogens is 412 g/mol. The summed E-state index contributed by atoms with van der Waals surface area (Å²) in [5.41, 5.74) is 2.92. The van der Waals surface area contributed by atoms with Crippen LogP contribution in [-0.4, -0.2) is 31.0 Å². The van der Waals surface area contributed by atoms with E-state index in [1.165, 1.54) is 0 Å². The lowest BCUT2D eigenvalue weighted by molar-refractivity contribution is -0.127. The van der Waals surface area contributed by atoms with Gasteiger partial charge < -0.3 is 15.4 Å². The highest BCUT2D eigenvalue weighted by Gasteiger charge is 2.22. The zero-order valence-electron chi connectivity index (χ0n) is 19.5. The molecule has 0 saturated carbocycles. The fraction of sp³-hybridized carbons (Fsp3) is 0.286. The van der Waals surface area contributed by atoms with Crippen molar-refractivity contribution in [1.82, 2.24) is 10.6 Å². The smallest absolute Gasteiger partial charge is 0.260 e. The van der Waals surface area contributed by atoms with Crippen molar-refractivity contribution in [2.75, 3.05) is 13.1 Å². The van der Waals surface area contributed by atoms with E-state index in [4.69, 9.17) is 4.74 Å². The van der Waals surface area contributed by atoms with Gasteiger partial charge in [-0.2, -0.15) is 0 Å². The fourth-order valence-electron chi connectivity index (χ4n) is 3.71. The Bertz CT molecular complexity index is 996. The molecule has 3 rings (SSSR count). The molecule has 0 spiro atoms. The summed E-state index contributed by atoms with van der Waals surface area (Å²) in [6.07, 6.45) is -0.637. The molecular formula is C28H32N2O3. The monoisotopic (exact) mass is 444 g/mol. The highest BCUT2D eigenvalue weighted by atomic mass is 16.5. The Morgan fingerprint density at radius 1 is 0.697 bits per heavy atom. The Labute approximate surface area is 196 Å². The molecule has 0 saturated heterocycles. The van der Waals surface area contributed by atoms with Crippen LogP contribution >= 0.6 is 0 Å². The van der Waals surface area contributed by atoms with E-state index >= 15 is 0 Å². The van der Waals surface area contributed by atoms with Crippen molar-refractivity contribution in [3.05, 3.63) is 102 Å². The van der Waals surface area contributed by atoms with Gasteiger partial charge >= 0.3 is 0 Å². The molecule has 0 heterocycles. The van der Waals surface area contributed by atoms with Crippen LogP contribution in [0, 0.1) is 0 Å². The van der Waals surface area contributed by atoms with Crippen LogP contribution in [0.3, 0.4) is 0 Å². The summed E-state index contributed by atoms with van der Waals surface area (Å²) in [5.74, 6) is 0.297. The molecule has 2 N–H and O–H groups in total. The summed E-state index contributed by atoms with van der Waals surface area (Å²) in [7, 11) is 0. The van der Waals surface area contributed by atoms with Gasteiger partial charge in [-0.1, -0.05) is 92.7 Å². The van der Waals surface area contributed by atoms with Gasteiger partial charge in [0.15, 0.2) is 6.10 Å². The Balaban J connectivity index is 1.53. The van der Waals surface area contributed by atoms with Crippen molar-refractivity contribution in [2.45, 2.75) is 38.7 Å². The lowest BCUT2D eigenvalue weighted by Crippen LogP contribution is -2.41. The van der Waals surface area contributed by atoms with Crippen molar-refractivity contribution >= 4 is 11.8 Å². The van der Waals surface area contributed by atoms with E-state index in [1.807, 2.05) is 84.9 Å². The molecule has 5 heteroatoms. The van der Waals surface area contributed by atoms with Crippen LogP contribution in [-0.2, 0) is 9.59 Å². The third-order valence-corrected chi connectivity index (χ3v) is 5.47. The zero-order chi connectivity index (χ0) is 23.6. The minimum absolute atomic E-state index is 0.100. The van der Waals surface area contributed by atoms with Gasteiger partial charge in [-0.25, -0.2) is 0 Å². The first kappa shape index (κ1) is 24.1. The van der Waals surface area contributed by atoms with Gasteiger partial charge in [0.05, 0.1) is 5.92 Å². The summed E-state index contributed by atoms with van der Waals surface area (Å²) in [6, 6.07) is 27.1. The molecule has 1 atom stereocenters. The second-order valence-corrected chi connectivity index (χ2v) is 8.29. The van der Waals surface area contributed by atoms with Crippen LogP contribution < -0.4 is 15.4 Å². The number of amides is 2. The van der Waals surface area contributed by atoms with Crippen molar-refractivity contribution in [2.24, 2.45) is 0 Å². The normalized spacial score (nSPS) is 11.8. The molecule has 0 fully saturated rings. The molecule has 0 radical (unpaired) electrons. The number of carbonyl (C=O) groups is 2. The van der Waals surface area contributed by atoms with Gasteiger partial charge in [0.1, 0.15) is 5.75 Å². The number of hydrogen-bond donors (Lipinski definition) is 2. The number of benzene rings is 3. The summed E-state index contributed by atoms with van der Waals surface area (Å²) in [5, 5.41) is 5.80. The van der Waals surface area contributed by atoms with Crippen molar-refractivity contribution in [3.63, 3.8) is 0 Å². The molecule has 3 aromatic carbocycles. The molecule has 172 valence electrons. The molecule has 0 aliphatic rings. The van der Waals surface area contributed by atoms with Gasteiger partial charge in [0.25, 0.3) is 5.91 Å². The van der Waals surface area contributed by atoms with E-state index in [-0.39, 0.29) is 11.8 Å². The maximum atomic E-state index is 13.0. The topological polar surface area (TPSA) is 67.4 Å². The number of nitrogens with one attached hydrogen (secondary N) is 2. The van der Waals surface area contributed by atoms with Crippen LogP contribution in [0.15, 0.2) is 84.9 Å². The van der Waals surface area contributed by atoms with Crippen LogP contribution in [0.4, 0.5) is 0 Å². The minimum Gasteiger partial charge on any atom is -0.481 e. The maximum absolute atomic E-state index is 13.0. The number of carbonyl (C=O) groups excluding carboxylic acids is 2. The van der Waals surface area contributed by atoms with Gasteiger partial charge in [-0.05, 0) is 35.6 Å². The number of ether oxygens (including phenoxy) is 1. The SMILES string of the molecule is CC(Oc1ccccc1C(C)C)C(=O)NCCNC(=O)C(c1ccccc1)c1ccccc1. The van der Waals surface area contributed by atoms with Gasteiger partial charge in [0, 0.05) is 13.1 Å². The zero-order valence-corrected chi connectivity index (χ0v) is 19.5. The largest absolute Gasteiger partial charge is 0.481 e. The van der Waals surface area contributed by atoms with E-state index in [0.29, 0.717) is 19.0 Å². The second-order valence-electron chi connectivity index (χ2n) is 8.29. The summed E-state index contributed by atoms with van der Waals surface area (Å²) in [4.78, 5) is 25.5. The van der Waals surface area contributed by atoms with E-state index < -0.39 is 12.0 Å². The third kappa shape index (κ3) is 6.69. The molecule has 5 nitrogen and oxygen atoms in total. The number of para-hydroxylation sites is 1. The predicted molar refractivity (Wildman–Crippen MR) is 131 cm³/mol. The van der Waals surface area contributed by atoms with Crippen molar-refractivity contribution in [1.29, 1.82) is 0 Å². The summed E-state index contributed by atoms with van der Waals surface area (Å²) >= 11 is 0. The summed E-state index contributed by atoms with van der Waals surface area (Å²) < 4.78 is 5.90. The van der Waals surface area contributed by atoms with Crippen molar-refractivity contribution in [3.8, 4) is 5.75 Å². The average Bonchev–Trinajstić information content (AvgIpc) is 2.83. The minimum atomic E-state index is -0.637. The van der Waals surface area contributed by atoms with E-state index in [1.54, 1.807) is 6.92 Å². The first-order valence-electron chi connectivity index (χ1n) is 11.4. The average molecular weight is 445 g/mol. The molecule has 0 bridgehead atoms. The standard InChI is InChI=1S/C28H32N2O3/c1-20(2)24-16-10-11-17-25(24)33-21(3)27(31)29-18-19-30-28(32)26(22-12-6-4-7-13-22)23-14-8-5-9-15-23/h4-17,20-21,26H,18-19H2,1-3H3,(H,29,31)(H,30,32). The first-order valence-corrected chi connectivity index (χ1v) is 11.4. The molecule has 2 amide bonds. The molecule has 0 aliphatic heterocycles. The Kier molecular flexibility index (Phi) is 8.64. The van der Waals surface area contributed by atoms with Crippen LogP contribution in [0.1, 0.15) is 49.3 Å². The highest BCUT2D eigenvalue weighted by molar-refractivity contribution is 5.87. The predicted octanol–water partition coefficient (Wildman–Crippen LogP) is 4.64. The second kappa shape index (κ2) is 11.9. The maximum Gasteiger partial charge on any atom is 0.260 e. The number of hydrogen-bond acceptors (Lipinski definition) is 3.